The third kappa shape index (κ3) is 2.19. The number of nitrogens with zero attached hydrogens (tertiary/aromatic N) is 2. The molecule has 0 fully saturated rings. The molecule has 1 aromatic carbocycles. The van der Waals surface area contributed by atoms with Crippen molar-refractivity contribution >= 4 is 0 Å². The second-order valence-corrected chi connectivity index (χ2v) is 5.22. The summed E-state index contributed by atoms with van der Waals surface area (Å²) in [7, 11) is 1.93. The molecule has 3 N–H and O–H groups in total. The van der Waals surface area contributed by atoms with E-state index in [1.807, 2.05) is 24.7 Å². The van der Waals surface area contributed by atoms with E-state index in [9.17, 15) is 0 Å². The van der Waals surface area contributed by atoms with Crippen LogP contribution in [0.1, 0.15) is 35.0 Å². The van der Waals surface area contributed by atoms with Crippen LogP contribution in [0.15, 0.2) is 24.3 Å². The number of nitrogens with two attached hydrogens (primary N) is 1. The van der Waals surface area contributed by atoms with Crippen LogP contribution in [0.5, 0.6) is 5.75 Å². The molecule has 2 aromatic rings. The van der Waals surface area contributed by atoms with Gasteiger partial charge in [-0.1, -0.05) is 18.2 Å². The van der Waals surface area contributed by atoms with Gasteiger partial charge in [-0.3, -0.25) is 10.5 Å². The summed E-state index contributed by atoms with van der Waals surface area (Å²) in [5.41, 5.74) is 7.25. The molecule has 0 spiro atoms. The minimum absolute atomic E-state index is 0.116. The number of hydrazine groups is 1. The lowest BCUT2D eigenvalue weighted by atomic mass is 9.96. The van der Waals surface area contributed by atoms with Crippen molar-refractivity contribution in [2.24, 2.45) is 12.9 Å². The fraction of sp³-hybridized carbons (Fsp3) is 0.400. The molecule has 106 valence electrons. The van der Waals surface area contributed by atoms with Gasteiger partial charge < -0.3 is 4.74 Å². The van der Waals surface area contributed by atoms with Gasteiger partial charge in [0.25, 0.3) is 0 Å². The number of ether oxygens (including phenoxy) is 1. The van der Waals surface area contributed by atoms with Crippen molar-refractivity contribution in [3.63, 3.8) is 0 Å². The standard InChI is InChI=1S/C15H20N4O/c1-10-9-13(19(2)18-10)14(17-16)12-7-3-5-11-6-4-8-20-15(11)12/h3,5,7,9,14,17H,4,6,8,16H2,1-2H3. The van der Waals surface area contributed by atoms with Gasteiger partial charge in [-0.15, -0.1) is 0 Å². The molecule has 5 nitrogen and oxygen atoms in total. The zero-order chi connectivity index (χ0) is 14.1. The third-order valence-corrected chi connectivity index (χ3v) is 3.78. The molecule has 1 aliphatic rings. The fourth-order valence-electron chi connectivity index (χ4n) is 2.88. The van der Waals surface area contributed by atoms with Gasteiger partial charge >= 0.3 is 0 Å². The van der Waals surface area contributed by atoms with Crippen LogP contribution in [0.4, 0.5) is 0 Å². The Balaban J connectivity index is 2.08. The van der Waals surface area contributed by atoms with E-state index < -0.39 is 0 Å². The molecule has 0 bridgehead atoms. The maximum Gasteiger partial charge on any atom is 0.127 e. The molecule has 1 unspecified atom stereocenters. The summed E-state index contributed by atoms with van der Waals surface area (Å²) >= 11 is 0. The number of rotatable bonds is 3. The number of para-hydroxylation sites is 1. The maximum atomic E-state index is 5.88. The Kier molecular flexibility index (Phi) is 3.46. The van der Waals surface area contributed by atoms with E-state index in [-0.39, 0.29) is 6.04 Å². The largest absolute Gasteiger partial charge is 0.493 e. The van der Waals surface area contributed by atoms with E-state index in [2.05, 4.69) is 28.7 Å². The molecule has 5 heteroatoms. The van der Waals surface area contributed by atoms with Crippen molar-refractivity contribution in [1.29, 1.82) is 0 Å². The summed E-state index contributed by atoms with van der Waals surface area (Å²) in [5.74, 6) is 6.77. The topological polar surface area (TPSA) is 65.1 Å². The zero-order valence-electron chi connectivity index (χ0n) is 11.9. The molecule has 0 amide bonds. The van der Waals surface area contributed by atoms with Gasteiger partial charge in [0.2, 0.25) is 0 Å². The summed E-state index contributed by atoms with van der Waals surface area (Å²) < 4.78 is 7.74. The Hall–Kier alpha value is -1.85. The van der Waals surface area contributed by atoms with Gasteiger partial charge in [0, 0.05) is 12.6 Å². The molecule has 1 atom stereocenters. The summed E-state index contributed by atoms with van der Waals surface area (Å²) in [6, 6.07) is 8.19. The van der Waals surface area contributed by atoms with Crippen LogP contribution >= 0.6 is 0 Å². The highest BCUT2D eigenvalue weighted by molar-refractivity contribution is 5.47. The van der Waals surface area contributed by atoms with Gasteiger partial charge in [-0.2, -0.15) is 5.10 Å². The Labute approximate surface area is 118 Å². The van der Waals surface area contributed by atoms with Crippen molar-refractivity contribution in [1.82, 2.24) is 15.2 Å². The molecule has 0 saturated heterocycles. The molecular weight excluding hydrogens is 252 g/mol. The molecule has 0 radical (unpaired) electrons. The monoisotopic (exact) mass is 272 g/mol. The Morgan fingerprint density at radius 2 is 2.30 bits per heavy atom. The molecule has 20 heavy (non-hydrogen) atoms. The number of aromatic nitrogens is 2. The lowest BCUT2D eigenvalue weighted by Crippen LogP contribution is -2.31. The van der Waals surface area contributed by atoms with E-state index in [0.29, 0.717) is 0 Å². The van der Waals surface area contributed by atoms with E-state index in [1.165, 1.54) is 5.56 Å². The predicted octanol–water partition coefficient (Wildman–Crippen LogP) is 1.61. The zero-order valence-corrected chi connectivity index (χ0v) is 11.9. The predicted molar refractivity (Wildman–Crippen MR) is 77.4 cm³/mol. The molecule has 0 aliphatic carbocycles. The fourth-order valence-corrected chi connectivity index (χ4v) is 2.88. The molecule has 1 aliphatic heterocycles. The average Bonchev–Trinajstić information content (AvgIpc) is 2.79. The van der Waals surface area contributed by atoms with Crippen LogP contribution in [0, 0.1) is 6.92 Å². The van der Waals surface area contributed by atoms with Crippen LogP contribution in [-0.4, -0.2) is 16.4 Å². The molecule has 2 heterocycles. The lowest BCUT2D eigenvalue weighted by Gasteiger charge is -2.25. The highest BCUT2D eigenvalue weighted by atomic mass is 16.5. The normalized spacial score (nSPS) is 15.6. The third-order valence-electron chi connectivity index (χ3n) is 3.78. The number of nitrogens with one attached hydrogen (secondary N) is 1. The average molecular weight is 272 g/mol. The summed E-state index contributed by atoms with van der Waals surface area (Å²) in [4.78, 5) is 0. The first-order chi connectivity index (χ1) is 9.70. The Bertz CT molecular complexity index is 620. The summed E-state index contributed by atoms with van der Waals surface area (Å²) in [6.45, 7) is 2.75. The number of benzene rings is 1. The van der Waals surface area contributed by atoms with Crippen LogP contribution in [-0.2, 0) is 13.5 Å². The smallest absolute Gasteiger partial charge is 0.127 e. The van der Waals surface area contributed by atoms with Crippen LogP contribution in [0.3, 0.4) is 0 Å². The molecule has 3 rings (SSSR count). The summed E-state index contributed by atoms with van der Waals surface area (Å²) in [5, 5.41) is 4.40. The highest BCUT2D eigenvalue weighted by Gasteiger charge is 2.23. The minimum Gasteiger partial charge on any atom is -0.493 e. The second kappa shape index (κ2) is 5.26. The van der Waals surface area contributed by atoms with Gasteiger partial charge in [-0.05, 0) is 31.4 Å². The van der Waals surface area contributed by atoms with Crippen LogP contribution < -0.4 is 16.0 Å². The van der Waals surface area contributed by atoms with Crippen molar-refractivity contribution in [2.45, 2.75) is 25.8 Å². The van der Waals surface area contributed by atoms with Crippen LogP contribution in [0.25, 0.3) is 0 Å². The highest BCUT2D eigenvalue weighted by Crippen LogP contribution is 2.35. The maximum absolute atomic E-state index is 5.88. The number of fused-ring (bicyclic) bond motifs is 1. The minimum atomic E-state index is -0.116. The lowest BCUT2D eigenvalue weighted by molar-refractivity contribution is 0.282. The van der Waals surface area contributed by atoms with Crippen molar-refractivity contribution in [3.8, 4) is 5.75 Å². The van der Waals surface area contributed by atoms with E-state index in [0.717, 1.165) is 42.1 Å². The number of hydrogen-bond acceptors (Lipinski definition) is 4. The molecular formula is C15H20N4O. The van der Waals surface area contributed by atoms with Crippen molar-refractivity contribution in [2.75, 3.05) is 6.61 Å². The quantitative estimate of drug-likeness (QED) is 0.658. The number of hydrogen-bond donors (Lipinski definition) is 2. The van der Waals surface area contributed by atoms with Gasteiger partial charge in [0.05, 0.1) is 24.0 Å². The number of aryl methyl sites for hydroxylation is 3. The van der Waals surface area contributed by atoms with Gasteiger partial charge in [0.1, 0.15) is 5.75 Å². The molecule has 1 aromatic heterocycles. The molecule has 0 saturated carbocycles. The first kappa shape index (κ1) is 13.1. The van der Waals surface area contributed by atoms with E-state index >= 15 is 0 Å². The van der Waals surface area contributed by atoms with E-state index in [1.54, 1.807) is 0 Å². The first-order valence-corrected chi connectivity index (χ1v) is 6.92. The van der Waals surface area contributed by atoms with Gasteiger partial charge in [-0.25, -0.2) is 5.43 Å². The van der Waals surface area contributed by atoms with Crippen molar-refractivity contribution in [3.05, 3.63) is 46.8 Å². The SMILES string of the molecule is Cc1cc(C(NN)c2cccc3c2OCCC3)n(C)n1. The van der Waals surface area contributed by atoms with Gasteiger partial charge in [0.15, 0.2) is 0 Å². The Morgan fingerprint density at radius 1 is 1.45 bits per heavy atom. The van der Waals surface area contributed by atoms with Crippen molar-refractivity contribution < 1.29 is 4.74 Å². The summed E-state index contributed by atoms with van der Waals surface area (Å²) in [6.07, 6.45) is 2.13. The second-order valence-electron chi connectivity index (χ2n) is 5.22. The van der Waals surface area contributed by atoms with E-state index in [4.69, 9.17) is 10.6 Å². The Morgan fingerprint density at radius 3 is 3.00 bits per heavy atom. The first-order valence-electron chi connectivity index (χ1n) is 6.92. The van der Waals surface area contributed by atoms with Crippen LogP contribution in [0.2, 0.25) is 0 Å².